The zero-order valence-corrected chi connectivity index (χ0v) is 17.6. The molecule has 0 bridgehead atoms. The third-order valence-corrected chi connectivity index (χ3v) is 6.54. The van der Waals surface area contributed by atoms with Gasteiger partial charge in [-0.15, -0.1) is 0 Å². The van der Waals surface area contributed by atoms with Gasteiger partial charge in [0, 0.05) is 13.1 Å². The molecule has 3 aromatic rings. The van der Waals surface area contributed by atoms with Crippen molar-refractivity contribution in [2.24, 2.45) is 0 Å². The predicted octanol–water partition coefficient (Wildman–Crippen LogP) is 3.72. The molecule has 10 nitrogen and oxygen atoms in total. The fourth-order valence-electron chi connectivity index (χ4n) is 2.80. The zero-order valence-electron chi connectivity index (χ0n) is 16.8. The van der Waals surface area contributed by atoms with Crippen molar-refractivity contribution >= 4 is 27.2 Å². The summed E-state index contributed by atoms with van der Waals surface area (Å²) in [5, 5.41) is 14.1. The molecule has 32 heavy (non-hydrogen) atoms. The molecule has 4 rings (SSSR count). The number of nitro groups is 1. The van der Waals surface area contributed by atoms with Crippen molar-refractivity contribution in [1.82, 2.24) is 9.97 Å². The molecule has 1 saturated carbocycles. The standard InChI is InChI=1S/C20H18FN5O5S/c1-25(32(29,30)17-10-2-13(21)3-11-17)15-6-8-16(9-7-15)31-20-22-12-18(26(27)28)19(24-20)23-14-4-5-14/h2-3,6-12,14H,4-5H2,1H3,(H,22,23,24). The van der Waals surface area contributed by atoms with Crippen LogP contribution < -0.4 is 14.4 Å². The van der Waals surface area contributed by atoms with Crippen molar-refractivity contribution in [3.63, 3.8) is 0 Å². The van der Waals surface area contributed by atoms with Crippen LogP contribution in [0.4, 0.5) is 21.6 Å². The fraction of sp³-hybridized carbons (Fsp3) is 0.200. The lowest BCUT2D eigenvalue weighted by Gasteiger charge is -2.19. The van der Waals surface area contributed by atoms with Crippen molar-refractivity contribution < 1.29 is 22.5 Å². The predicted molar refractivity (Wildman–Crippen MR) is 114 cm³/mol. The summed E-state index contributed by atoms with van der Waals surface area (Å²) in [5.74, 6) is -0.131. The Kier molecular flexibility index (Phi) is 5.61. The van der Waals surface area contributed by atoms with Crippen LogP contribution in [0.5, 0.6) is 11.8 Å². The maximum atomic E-state index is 13.1. The normalized spacial score (nSPS) is 13.4. The average Bonchev–Trinajstić information content (AvgIpc) is 3.58. The average molecular weight is 459 g/mol. The first-order valence-electron chi connectivity index (χ1n) is 9.54. The lowest BCUT2D eigenvalue weighted by Crippen LogP contribution is -2.26. The molecule has 1 N–H and O–H groups in total. The summed E-state index contributed by atoms with van der Waals surface area (Å²) in [5.41, 5.74) is 0.106. The van der Waals surface area contributed by atoms with E-state index >= 15 is 0 Å². The Morgan fingerprint density at radius 3 is 2.41 bits per heavy atom. The van der Waals surface area contributed by atoms with E-state index in [0.717, 1.165) is 35.5 Å². The van der Waals surface area contributed by atoms with Gasteiger partial charge in [0.05, 0.1) is 15.5 Å². The van der Waals surface area contributed by atoms with Gasteiger partial charge in [0.25, 0.3) is 10.0 Å². The second kappa shape index (κ2) is 8.38. The smallest absolute Gasteiger partial charge is 0.329 e. The number of ether oxygens (including phenoxy) is 1. The summed E-state index contributed by atoms with van der Waals surface area (Å²) in [4.78, 5) is 18.5. The van der Waals surface area contributed by atoms with Crippen molar-refractivity contribution in [3.8, 4) is 11.8 Å². The Hall–Kier alpha value is -3.80. The van der Waals surface area contributed by atoms with Crippen molar-refractivity contribution in [1.29, 1.82) is 0 Å². The maximum Gasteiger partial charge on any atom is 0.329 e. The molecule has 0 atom stereocenters. The van der Waals surface area contributed by atoms with Gasteiger partial charge in [-0.2, -0.15) is 9.97 Å². The highest BCUT2D eigenvalue weighted by molar-refractivity contribution is 7.92. The van der Waals surface area contributed by atoms with E-state index in [1.807, 2.05) is 0 Å². The van der Waals surface area contributed by atoms with Gasteiger partial charge in [0.15, 0.2) is 0 Å². The van der Waals surface area contributed by atoms with Gasteiger partial charge in [-0.3, -0.25) is 14.4 Å². The quantitative estimate of drug-likeness (QED) is 0.399. The first-order valence-corrected chi connectivity index (χ1v) is 11.0. The van der Waals surface area contributed by atoms with Gasteiger partial charge < -0.3 is 10.1 Å². The molecule has 2 aromatic carbocycles. The molecule has 166 valence electrons. The van der Waals surface area contributed by atoms with E-state index in [1.54, 1.807) is 0 Å². The molecule has 0 amide bonds. The summed E-state index contributed by atoms with van der Waals surface area (Å²) in [6.07, 6.45) is 2.89. The summed E-state index contributed by atoms with van der Waals surface area (Å²) < 4.78 is 45.2. The minimum Gasteiger partial charge on any atom is -0.424 e. The van der Waals surface area contributed by atoms with Gasteiger partial charge in [-0.1, -0.05) is 0 Å². The Labute approximate surface area is 182 Å². The van der Waals surface area contributed by atoms with Crippen LogP contribution in [0.25, 0.3) is 0 Å². The summed E-state index contributed by atoms with van der Waals surface area (Å²) in [7, 11) is -2.50. The number of halogens is 1. The second-order valence-corrected chi connectivity index (χ2v) is 9.05. The van der Waals surface area contributed by atoms with Gasteiger partial charge >= 0.3 is 11.7 Å². The van der Waals surface area contributed by atoms with Crippen LogP contribution in [-0.4, -0.2) is 36.4 Å². The van der Waals surface area contributed by atoms with E-state index in [1.165, 1.54) is 43.4 Å². The highest BCUT2D eigenvalue weighted by Gasteiger charge is 2.27. The van der Waals surface area contributed by atoms with E-state index in [2.05, 4.69) is 15.3 Å². The van der Waals surface area contributed by atoms with Crippen molar-refractivity contribution in [2.75, 3.05) is 16.7 Å². The number of benzene rings is 2. The lowest BCUT2D eigenvalue weighted by molar-refractivity contribution is -0.384. The van der Waals surface area contributed by atoms with Crippen LogP contribution >= 0.6 is 0 Å². The molecule has 0 unspecified atom stereocenters. The Morgan fingerprint density at radius 2 is 1.81 bits per heavy atom. The molecule has 0 spiro atoms. The minimum atomic E-state index is -3.88. The number of rotatable bonds is 8. The van der Waals surface area contributed by atoms with Gasteiger partial charge in [0.1, 0.15) is 17.8 Å². The van der Waals surface area contributed by atoms with Crippen molar-refractivity contribution in [2.45, 2.75) is 23.8 Å². The SMILES string of the molecule is CN(c1ccc(Oc2ncc([N+](=O)[O-])c(NC3CC3)n2)cc1)S(=O)(=O)c1ccc(F)cc1. The Balaban J connectivity index is 1.51. The zero-order chi connectivity index (χ0) is 22.9. The lowest BCUT2D eigenvalue weighted by atomic mass is 10.3. The van der Waals surface area contributed by atoms with Crippen LogP contribution in [0.2, 0.25) is 0 Å². The first-order chi connectivity index (χ1) is 15.2. The number of hydrogen-bond acceptors (Lipinski definition) is 8. The molecule has 0 saturated heterocycles. The first kappa shape index (κ1) is 21.4. The summed E-state index contributed by atoms with van der Waals surface area (Å²) in [6.45, 7) is 0. The number of hydrogen-bond donors (Lipinski definition) is 1. The Bertz CT molecular complexity index is 1250. The maximum absolute atomic E-state index is 13.1. The van der Waals surface area contributed by atoms with Crippen LogP contribution in [0.1, 0.15) is 12.8 Å². The number of sulfonamides is 1. The highest BCUT2D eigenvalue weighted by Crippen LogP contribution is 2.31. The van der Waals surface area contributed by atoms with Crippen LogP contribution in [0.3, 0.4) is 0 Å². The highest BCUT2D eigenvalue weighted by atomic mass is 32.2. The summed E-state index contributed by atoms with van der Waals surface area (Å²) >= 11 is 0. The fourth-order valence-corrected chi connectivity index (χ4v) is 4.00. The van der Waals surface area contributed by atoms with Crippen LogP contribution in [0.15, 0.2) is 59.6 Å². The largest absolute Gasteiger partial charge is 0.424 e. The van der Waals surface area contributed by atoms with E-state index in [4.69, 9.17) is 4.74 Å². The third-order valence-electron chi connectivity index (χ3n) is 4.74. The second-order valence-electron chi connectivity index (χ2n) is 7.08. The molecular formula is C20H18FN5O5S. The van der Waals surface area contributed by atoms with Crippen LogP contribution in [-0.2, 0) is 10.0 Å². The molecular weight excluding hydrogens is 441 g/mol. The van der Waals surface area contributed by atoms with Crippen LogP contribution in [0, 0.1) is 15.9 Å². The topological polar surface area (TPSA) is 128 Å². The van der Waals surface area contributed by atoms with E-state index in [-0.39, 0.29) is 28.5 Å². The Morgan fingerprint density at radius 1 is 1.16 bits per heavy atom. The molecule has 1 aliphatic rings. The van der Waals surface area contributed by atoms with Gasteiger partial charge in [-0.05, 0) is 61.4 Å². The molecule has 0 radical (unpaired) electrons. The molecule has 1 aliphatic carbocycles. The van der Waals surface area contributed by atoms with Gasteiger partial charge in [-0.25, -0.2) is 12.8 Å². The molecule has 1 heterocycles. The number of aromatic nitrogens is 2. The summed E-state index contributed by atoms with van der Waals surface area (Å²) in [6, 6.07) is 10.7. The van der Waals surface area contributed by atoms with Gasteiger partial charge in [0.2, 0.25) is 5.82 Å². The number of anilines is 2. The molecule has 1 aromatic heterocycles. The van der Waals surface area contributed by atoms with Crippen molar-refractivity contribution in [3.05, 3.63) is 70.7 Å². The number of nitrogens with one attached hydrogen (secondary N) is 1. The number of nitrogens with zero attached hydrogens (tertiary/aromatic N) is 4. The van der Waals surface area contributed by atoms with E-state index in [0.29, 0.717) is 11.4 Å². The molecule has 0 aliphatic heterocycles. The van der Waals surface area contributed by atoms with E-state index < -0.39 is 20.8 Å². The molecule has 1 fully saturated rings. The minimum absolute atomic E-state index is 0.0447. The van der Waals surface area contributed by atoms with E-state index in [9.17, 15) is 22.9 Å². The molecule has 12 heteroatoms. The monoisotopic (exact) mass is 459 g/mol. The third kappa shape index (κ3) is 4.59.